The van der Waals surface area contributed by atoms with E-state index in [1.54, 1.807) is 14.0 Å². The minimum Gasteiger partial charge on any atom is -0.491 e. The van der Waals surface area contributed by atoms with E-state index in [-0.39, 0.29) is 0 Å². The Bertz CT molecular complexity index is 313. The zero-order valence-electron chi connectivity index (χ0n) is 8.87. The van der Waals surface area contributed by atoms with Crippen LogP contribution in [0.1, 0.15) is 18.6 Å². The van der Waals surface area contributed by atoms with Gasteiger partial charge in [0.2, 0.25) is 0 Å². The van der Waals surface area contributed by atoms with Crippen LogP contribution in [0.3, 0.4) is 0 Å². The zero-order chi connectivity index (χ0) is 11.3. The van der Waals surface area contributed by atoms with E-state index in [1.807, 2.05) is 18.2 Å². The average Bonchev–Trinajstić information content (AvgIpc) is 2.20. The first-order valence-corrected chi connectivity index (χ1v) is 5.53. The Morgan fingerprint density at radius 1 is 1.40 bits per heavy atom. The van der Waals surface area contributed by atoms with Crippen molar-refractivity contribution >= 4 is 15.9 Å². The van der Waals surface area contributed by atoms with E-state index in [1.165, 1.54) is 0 Å². The fourth-order valence-corrected chi connectivity index (χ4v) is 1.59. The Morgan fingerprint density at radius 2 is 2.13 bits per heavy atom. The van der Waals surface area contributed by atoms with Crippen LogP contribution in [0.5, 0.6) is 5.75 Å². The van der Waals surface area contributed by atoms with E-state index in [2.05, 4.69) is 15.9 Å². The molecule has 3 nitrogen and oxygen atoms in total. The van der Waals surface area contributed by atoms with Crippen LogP contribution in [0.2, 0.25) is 0 Å². The number of hydrogen-bond acceptors (Lipinski definition) is 3. The fraction of sp³-hybridized carbons (Fsp3) is 0.455. The molecule has 0 fully saturated rings. The van der Waals surface area contributed by atoms with Crippen LogP contribution in [-0.4, -0.2) is 25.4 Å². The summed E-state index contributed by atoms with van der Waals surface area (Å²) in [6, 6.07) is 5.57. The second-order valence-electron chi connectivity index (χ2n) is 3.20. The zero-order valence-corrected chi connectivity index (χ0v) is 10.5. The molecule has 0 amide bonds. The summed E-state index contributed by atoms with van der Waals surface area (Å²) >= 11 is 3.36. The van der Waals surface area contributed by atoms with Crippen molar-refractivity contribution in [3.63, 3.8) is 0 Å². The number of hydrogen-bond donors (Lipinski definition) is 1. The smallest absolute Gasteiger partial charge is 0.125 e. The van der Waals surface area contributed by atoms with Gasteiger partial charge >= 0.3 is 0 Å². The molecule has 1 rings (SSSR count). The summed E-state index contributed by atoms with van der Waals surface area (Å²) in [5.41, 5.74) is 0.778. The van der Waals surface area contributed by atoms with Gasteiger partial charge < -0.3 is 14.6 Å². The van der Waals surface area contributed by atoms with E-state index >= 15 is 0 Å². The quantitative estimate of drug-likeness (QED) is 0.839. The molecule has 0 spiro atoms. The summed E-state index contributed by atoms with van der Waals surface area (Å²) in [6.07, 6.45) is -0.542. The normalized spacial score (nSPS) is 12.5. The number of ether oxygens (including phenoxy) is 2. The molecular weight excluding hydrogens is 260 g/mol. The van der Waals surface area contributed by atoms with Gasteiger partial charge in [-0.15, -0.1) is 0 Å². The Kier molecular flexibility index (Phi) is 5.08. The molecule has 0 bridgehead atoms. The Morgan fingerprint density at radius 3 is 2.73 bits per heavy atom. The Labute approximate surface area is 98.1 Å². The summed E-state index contributed by atoms with van der Waals surface area (Å²) in [4.78, 5) is 0. The largest absolute Gasteiger partial charge is 0.491 e. The molecule has 0 saturated carbocycles. The van der Waals surface area contributed by atoms with Crippen molar-refractivity contribution in [2.45, 2.75) is 13.0 Å². The molecule has 0 aliphatic rings. The fourth-order valence-electron chi connectivity index (χ4n) is 1.21. The van der Waals surface area contributed by atoms with Crippen molar-refractivity contribution in [3.8, 4) is 5.75 Å². The predicted octanol–water partition coefficient (Wildman–Crippen LogP) is 2.53. The van der Waals surface area contributed by atoms with Crippen LogP contribution in [0.25, 0.3) is 0 Å². The maximum absolute atomic E-state index is 9.55. The van der Waals surface area contributed by atoms with Crippen LogP contribution in [0, 0.1) is 0 Å². The average molecular weight is 275 g/mol. The topological polar surface area (TPSA) is 38.7 Å². The SMILES string of the molecule is COCCOc1ccc(Br)cc1C(C)O. The maximum atomic E-state index is 9.55. The van der Waals surface area contributed by atoms with Crippen molar-refractivity contribution < 1.29 is 14.6 Å². The third-order valence-corrected chi connectivity index (χ3v) is 2.46. The minimum atomic E-state index is -0.542. The molecule has 0 aromatic heterocycles. The van der Waals surface area contributed by atoms with Crippen molar-refractivity contribution in [2.24, 2.45) is 0 Å². The molecule has 0 saturated heterocycles. The van der Waals surface area contributed by atoms with Crippen LogP contribution in [-0.2, 0) is 4.74 Å². The van der Waals surface area contributed by atoms with E-state index in [0.717, 1.165) is 10.0 Å². The molecule has 84 valence electrons. The van der Waals surface area contributed by atoms with Crippen molar-refractivity contribution in [1.29, 1.82) is 0 Å². The molecule has 0 radical (unpaired) electrons. The molecule has 1 N–H and O–H groups in total. The van der Waals surface area contributed by atoms with Gasteiger partial charge in [0.25, 0.3) is 0 Å². The highest BCUT2D eigenvalue weighted by atomic mass is 79.9. The van der Waals surface area contributed by atoms with Gasteiger partial charge in [0.1, 0.15) is 12.4 Å². The number of methoxy groups -OCH3 is 1. The molecule has 1 unspecified atom stereocenters. The number of aliphatic hydroxyl groups excluding tert-OH is 1. The first kappa shape index (κ1) is 12.5. The first-order valence-electron chi connectivity index (χ1n) is 4.74. The lowest BCUT2D eigenvalue weighted by Gasteiger charge is -2.13. The molecule has 4 heteroatoms. The second-order valence-corrected chi connectivity index (χ2v) is 4.12. The number of rotatable bonds is 5. The summed E-state index contributed by atoms with van der Waals surface area (Å²) in [5, 5.41) is 9.55. The second kappa shape index (κ2) is 6.10. The predicted molar refractivity (Wildman–Crippen MR) is 62.1 cm³/mol. The number of aliphatic hydroxyl groups is 1. The van der Waals surface area contributed by atoms with Gasteiger partial charge in [0, 0.05) is 17.1 Å². The van der Waals surface area contributed by atoms with Crippen LogP contribution in [0.15, 0.2) is 22.7 Å². The third-order valence-electron chi connectivity index (χ3n) is 1.97. The van der Waals surface area contributed by atoms with Gasteiger partial charge in [-0.2, -0.15) is 0 Å². The van der Waals surface area contributed by atoms with Gasteiger partial charge in [-0.25, -0.2) is 0 Å². The Hall–Kier alpha value is -0.580. The summed E-state index contributed by atoms with van der Waals surface area (Å²) < 4.78 is 11.3. The van der Waals surface area contributed by atoms with E-state index < -0.39 is 6.10 Å². The number of benzene rings is 1. The highest BCUT2D eigenvalue weighted by molar-refractivity contribution is 9.10. The van der Waals surface area contributed by atoms with Gasteiger partial charge in [-0.3, -0.25) is 0 Å². The lowest BCUT2D eigenvalue weighted by atomic mass is 10.1. The van der Waals surface area contributed by atoms with Crippen LogP contribution in [0.4, 0.5) is 0 Å². The lowest BCUT2D eigenvalue weighted by Crippen LogP contribution is -2.06. The molecule has 15 heavy (non-hydrogen) atoms. The van der Waals surface area contributed by atoms with Crippen LogP contribution >= 0.6 is 15.9 Å². The monoisotopic (exact) mass is 274 g/mol. The molecule has 1 aromatic rings. The van der Waals surface area contributed by atoms with Crippen LogP contribution < -0.4 is 4.74 Å². The maximum Gasteiger partial charge on any atom is 0.125 e. The van der Waals surface area contributed by atoms with Gasteiger partial charge in [0.05, 0.1) is 12.7 Å². The van der Waals surface area contributed by atoms with Gasteiger partial charge in [-0.1, -0.05) is 15.9 Å². The highest BCUT2D eigenvalue weighted by Crippen LogP contribution is 2.28. The molecule has 1 aromatic carbocycles. The van der Waals surface area contributed by atoms with Crippen molar-refractivity contribution in [2.75, 3.05) is 20.3 Å². The van der Waals surface area contributed by atoms with E-state index in [0.29, 0.717) is 19.0 Å². The summed E-state index contributed by atoms with van der Waals surface area (Å²) in [7, 11) is 1.63. The minimum absolute atomic E-state index is 0.484. The molecule has 0 heterocycles. The van der Waals surface area contributed by atoms with Crippen molar-refractivity contribution in [1.82, 2.24) is 0 Å². The van der Waals surface area contributed by atoms with Gasteiger partial charge in [0.15, 0.2) is 0 Å². The Balaban J connectivity index is 2.77. The highest BCUT2D eigenvalue weighted by Gasteiger charge is 2.09. The van der Waals surface area contributed by atoms with Crippen molar-refractivity contribution in [3.05, 3.63) is 28.2 Å². The molecular formula is C11H15BrO3. The molecule has 0 aliphatic carbocycles. The summed E-state index contributed by atoms with van der Waals surface area (Å²) in [6.45, 7) is 2.73. The lowest BCUT2D eigenvalue weighted by molar-refractivity contribution is 0.141. The standard InChI is InChI=1S/C11H15BrO3/c1-8(13)10-7-9(12)3-4-11(10)15-6-5-14-2/h3-4,7-8,13H,5-6H2,1-2H3. The number of halogens is 1. The first-order chi connectivity index (χ1) is 7.15. The molecule has 0 aliphatic heterocycles. The van der Waals surface area contributed by atoms with E-state index in [9.17, 15) is 5.11 Å². The van der Waals surface area contributed by atoms with Gasteiger partial charge in [-0.05, 0) is 25.1 Å². The summed E-state index contributed by atoms with van der Waals surface area (Å²) in [5.74, 6) is 0.699. The third kappa shape index (κ3) is 3.81. The molecule has 1 atom stereocenters. The van der Waals surface area contributed by atoms with E-state index in [4.69, 9.17) is 9.47 Å².